The van der Waals surface area contributed by atoms with Crippen LogP contribution in [0.4, 0.5) is 0 Å². The van der Waals surface area contributed by atoms with Gasteiger partial charge in [-0.2, -0.15) is 4.31 Å². The van der Waals surface area contributed by atoms with E-state index in [-0.39, 0.29) is 5.60 Å². The van der Waals surface area contributed by atoms with Crippen LogP contribution < -0.4 is 4.74 Å². The fraction of sp³-hybridized carbons (Fsp3) is 0.647. The molecule has 0 amide bonds. The van der Waals surface area contributed by atoms with E-state index in [1.165, 1.54) is 0 Å². The summed E-state index contributed by atoms with van der Waals surface area (Å²) in [5.41, 5.74) is 0.618. The molecule has 1 aromatic carbocycles. The van der Waals surface area contributed by atoms with Gasteiger partial charge in [0.15, 0.2) is 0 Å². The molecule has 3 rings (SSSR count). The van der Waals surface area contributed by atoms with E-state index in [1.807, 2.05) is 26.0 Å². The minimum absolute atomic E-state index is 0.302. The maximum absolute atomic E-state index is 13.1. The largest absolute Gasteiger partial charge is 0.486 e. The fourth-order valence-electron chi connectivity index (χ4n) is 3.34. The van der Waals surface area contributed by atoms with Gasteiger partial charge in [0, 0.05) is 46.3 Å². The van der Waals surface area contributed by atoms with Crippen LogP contribution in [0.1, 0.15) is 19.4 Å². The number of rotatable bonds is 5. The van der Waals surface area contributed by atoms with Gasteiger partial charge < -0.3 is 9.47 Å². The molecule has 2 heterocycles. The lowest BCUT2D eigenvalue weighted by molar-refractivity contribution is 0.122. The van der Waals surface area contributed by atoms with E-state index in [0.717, 1.165) is 31.6 Å². The first-order valence-corrected chi connectivity index (χ1v) is 9.80. The minimum atomic E-state index is -3.53. The van der Waals surface area contributed by atoms with Crippen molar-refractivity contribution in [2.45, 2.75) is 30.8 Å². The van der Waals surface area contributed by atoms with Gasteiger partial charge in [-0.25, -0.2) is 8.42 Å². The van der Waals surface area contributed by atoms with E-state index in [4.69, 9.17) is 9.47 Å². The van der Waals surface area contributed by atoms with Crippen LogP contribution in [0.3, 0.4) is 0 Å². The molecule has 1 saturated heterocycles. The van der Waals surface area contributed by atoms with Crippen LogP contribution in [0.25, 0.3) is 0 Å². The Morgan fingerprint density at radius 2 is 1.92 bits per heavy atom. The molecule has 1 aromatic rings. The van der Waals surface area contributed by atoms with Gasteiger partial charge in [-0.3, -0.25) is 4.90 Å². The van der Waals surface area contributed by atoms with E-state index < -0.39 is 10.0 Å². The molecule has 1 fully saturated rings. The molecule has 6 nitrogen and oxygen atoms in total. The Morgan fingerprint density at radius 1 is 1.21 bits per heavy atom. The van der Waals surface area contributed by atoms with Crippen molar-refractivity contribution in [3.05, 3.63) is 23.8 Å². The van der Waals surface area contributed by atoms with E-state index in [0.29, 0.717) is 30.3 Å². The summed E-state index contributed by atoms with van der Waals surface area (Å²) in [6, 6.07) is 5.42. The van der Waals surface area contributed by atoms with Crippen LogP contribution in [0, 0.1) is 0 Å². The number of methoxy groups -OCH3 is 1. The van der Waals surface area contributed by atoms with Crippen molar-refractivity contribution in [2.75, 3.05) is 46.4 Å². The van der Waals surface area contributed by atoms with Crippen molar-refractivity contribution in [3.8, 4) is 5.75 Å². The number of ether oxygens (including phenoxy) is 2. The second-order valence-corrected chi connectivity index (χ2v) is 8.93. The summed E-state index contributed by atoms with van der Waals surface area (Å²) in [6.45, 7) is 7.92. The fourth-order valence-corrected chi connectivity index (χ4v) is 4.92. The number of fused-ring (bicyclic) bond motifs is 1. The summed E-state index contributed by atoms with van der Waals surface area (Å²) < 4.78 is 38.8. The van der Waals surface area contributed by atoms with Crippen LogP contribution in [0.15, 0.2) is 23.1 Å². The highest BCUT2D eigenvalue weighted by Gasteiger charge is 2.37. The van der Waals surface area contributed by atoms with Crippen LogP contribution in [-0.2, 0) is 21.2 Å². The molecule has 134 valence electrons. The molecule has 2 aliphatic rings. The Morgan fingerprint density at radius 3 is 2.58 bits per heavy atom. The average molecular weight is 354 g/mol. The molecule has 0 spiro atoms. The Hall–Kier alpha value is -1.15. The summed E-state index contributed by atoms with van der Waals surface area (Å²) in [6.07, 6.45) is 0.733. The number of sulfonamides is 1. The van der Waals surface area contributed by atoms with Gasteiger partial charge in [-0.1, -0.05) is 12.1 Å². The van der Waals surface area contributed by atoms with Crippen molar-refractivity contribution in [3.63, 3.8) is 0 Å². The Balaban J connectivity index is 1.78. The molecule has 0 aliphatic carbocycles. The highest BCUT2D eigenvalue weighted by molar-refractivity contribution is 7.89. The molecule has 0 unspecified atom stereocenters. The zero-order valence-electron chi connectivity index (χ0n) is 14.6. The van der Waals surface area contributed by atoms with E-state index >= 15 is 0 Å². The number of benzene rings is 1. The molecule has 24 heavy (non-hydrogen) atoms. The third kappa shape index (κ3) is 3.44. The van der Waals surface area contributed by atoms with Crippen LogP contribution in [0.5, 0.6) is 5.75 Å². The highest BCUT2D eigenvalue weighted by atomic mass is 32.2. The van der Waals surface area contributed by atoms with Crippen molar-refractivity contribution in [1.29, 1.82) is 0 Å². The molecule has 0 aromatic heterocycles. The van der Waals surface area contributed by atoms with Crippen molar-refractivity contribution in [2.24, 2.45) is 0 Å². The van der Waals surface area contributed by atoms with E-state index in [1.54, 1.807) is 17.5 Å². The lowest BCUT2D eigenvalue weighted by Crippen LogP contribution is -2.49. The number of piperazine rings is 1. The lowest BCUT2D eigenvalue weighted by atomic mass is 10.0. The number of nitrogens with zero attached hydrogens (tertiary/aromatic N) is 2. The van der Waals surface area contributed by atoms with Gasteiger partial charge in [0.1, 0.15) is 16.2 Å². The van der Waals surface area contributed by atoms with Gasteiger partial charge in [-0.15, -0.1) is 0 Å². The molecule has 0 atom stereocenters. The first-order valence-electron chi connectivity index (χ1n) is 8.36. The van der Waals surface area contributed by atoms with Gasteiger partial charge in [0.2, 0.25) is 10.0 Å². The smallest absolute Gasteiger partial charge is 0.246 e. The Bertz CT molecular complexity index is 695. The number of hydrogen-bond donors (Lipinski definition) is 0. The van der Waals surface area contributed by atoms with Gasteiger partial charge in [0.25, 0.3) is 0 Å². The van der Waals surface area contributed by atoms with Crippen LogP contribution in [-0.4, -0.2) is 69.7 Å². The third-order valence-electron chi connectivity index (χ3n) is 4.62. The monoisotopic (exact) mass is 354 g/mol. The van der Waals surface area contributed by atoms with Crippen molar-refractivity contribution < 1.29 is 17.9 Å². The van der Waals surface area contributed by atoms with Gasteiger partial charge >= 0.3 is 0 Å². The Labute approximate surface area is 144 Å². The predicted molar refractivity (Wildman–Crippen MR) is 91.9 cm³/mol. The number of hydrogen-bond acceptors (Lipinski definition) is 5. The topological polar surface area (TPSA) is 59.1 Å². The van der Waals surface area contributed by atoms with Crippen LogP contribution >= 0.6 is 0 Å². The number of para-hydroxylation sites is 1. The Kier molecular flexibility index (Phi) is 4.88. The van der Waals surface area contributed by atoms with Gasteiger partial charge in [-0.05, 0) is 25.5 Å². The summed E-state index contributed by atoms with van der Waals surface area (Å²) in [4.78, 5) is 2.53. The molecule has 0 saturated carbocycles. The van der Waals surface area contributed by atoms with E-state index in [2.05, 4.69) is 4.90 Å². The first-order chi connectivity index (χ1) is 11.3. The second-order valence-electron chi connectivity index (χ2n) is 7.02. The normalized spacial score (nSPS) is 21.5. The summed E-state index contributed by atoms with van der Waals surface area (Å²) in [7, 11) is -1.85. The molecular formula is C17H26N2O4S. The van der Waals surface area contributed by atoms with Crippen molar-refractivity contribution in [1.82, 2.24) is 9.21 Å². The van der Waals surface area contributed by atoms with Crippen molar-refractivity contribution >= 4 is 10.0 Å². The zero-order valence-corrected chi connectivity index (χ0v) is 15.4. The summed E-state index contributed by atoms with van der Waals surface area (Å²) in [5, 5.41) is 0. The molecule has 2 aliphatic heterocycles. The summed E-state index contributed by atoms with van der Waals surface area (Å²) >= 11 is 0. The maximum Gasteiger partial charge on any atom is 0.246 e. The summed E-state index contributed by atoms with van der Waals surface area (Å²) in [5.74, 6) is 0.532. The lowest BCUT2D eigenvalue weighted by Gasteiger charge is -2.34. The third-order valence-corrected chi connectivity index (χ3v) is 6.54. The standard InChI is InChI=1S/C17H26N2O4S/c1-17(2)13-14-5-4-6-15(16(14)23-17)24(20,21)19-9-7-18(8-10-19)11-12-22-3/h4-6H,7-13H2,1-3H3. The van der Waals surface area contributed by atoms with Crippen LogP contribution in [0.2, 0.25) is 0 Å². The zero-order chi connectivity index (χ0) is 17.4. The molecule has 0 N–H and O–H groups in total. The van der Waals surface area contributed by atoms with Gasteiger partial charge in [0.05, 0.1) is 6.61 Å². The SMILES string of the molecule is COCCN1CCN(S(=O)(=O)c2cccc3c2OC(C)(C)C3)CC1. The highest BCUT2D eigenvalue weighted by Crippen LogP contribution is 2.40. The second kappa shape index (κ2) is 6.63. The minimum Gasteiger partial charge on any atom is -0.486 e. The quantitative estimate of drug-likeness (QED) is 0.799. The first kappa shape index (κ1) is 17.7. The molecule has 0 bridgehead atoms. The molecule has 7 heteroatoms. The average Bonchev–Trinajstić information content (AvgIpc) is 2.86. The predicted octanol–water partition coefficient (Wildman–Crippen LogP) is 1.35. The molecule has 0 radical (unpaired) electrons. The van der Waals surface area contributed by atoms with E-state index in [9.17, 15) is 8.42 Å². The molecular weight excluding hydrogens is 328 g/mol. The maximum atomic E-state index is 13.1.